The molecule has 110 valence electrons. The van der Waals surface area contributed by atoms with Gasteiger partial charge in [0, 0.05) is 18.2 Å². The first-order chi connectivity index (χ1) is 9.41. The molecule has 0 aliphatic rings. The highest BCUT2D eigenvalue weighted by Gasteiger charge is 2.14. The number of carbonyl (C=O) groups is 1. The van der Waals surface area contributed by atoms with Crippen LogP contribution in [-0.2, 0) is 0 Å². The highest BCUT2D eigenvalue weighted by Crippen LogP contribution is 2.21. The van der Waals surface area contributed by atoms with Gasteiger partial charge in [0.15, 0.2) is 0 Å². The molecule has 0 bridgehead atoms. The molecule has 3 N–H and O–H groups in total. The van der Waals surface area contributed by atoms with E-state index in [4.69, 9.17) is 5.73 Å². The predicted molar refractivity (Wildman–Crippen MR) is 78.5 cm³/mol. The summed E-state index contributed by atoms with van der Waals surface area (Å²) in [6.45, 7) is 4.93. The molecule has 0 spiro atoms. The van der Waals surface area contributed by atoms with Crippen LogP contribution >= 0.6 is 0 Å². The summed E-state index contributed by atoms with van der Waals surface area (Å²) < 4.78 is 0. The molecule has 0 aromatic heterocycles. The minimum Gasteiger partial charge on any atom is -0.393 e. The van der Waals surface area contributed by atoms with Gasteiger partial charge in [0.25, 0.3) is 11.6 Å². The Kier molecular flexibility index (Phi) is 5.96. The van der Waals surface area contributed by atoms with Crippen LogP contribution in [0.25, 0.3) is 0 Å². The molecule has 1 aromatic carbocycles. The molecule has 0 unspecified atom stereocenters. The maximum absolute atomic E-state index is 11.8. The highest BCUT2D eigenvalue weighted by molar-refractivity contribution is 5.95. The third-order valence-electron chi connectivity index (χ3n) is 2.98. The fourth-order valence-electron chi connectivity index (χ4n) is 1.84. The number of anilines is 1. The van der Waals surface area contributed by atoms with E-state index in [-0.39, 0.29) is 17.3 Å². The Bertz CT molecular complexity index is 487. The maximum atomic E-state index is 11.8. The lowest BCUT2D eigenvalue weighted by molar-refractivity contribution is -0.383. The number of hydrogen-bond donors (Lipinski definition) is 2. The quantitative estimate of drug-likeness (QED) is 0.347. The van der Waals surface area contributed by atoms with Crippen LogP contribution in [0.2, 0.25) is 0 Å². The summed E-state index contributed by atoms with van der Waals surface area (Å²) in [5.41, 5.74) is 5.71. The van der Waals surface area contributed by atoms with E-state index < -0.39 is 4.92 Å². The molecule has 0 saturated carbocycles. The van der Waals surface area contributed by atoms with Crippen molar-refractivity contribution in [1.82, 2.24) is 5.32 Å². The Balaban J connectivity index is 2.48. The minimum atomic E-state index is -0.567. The number of carbonyl (C=O) groups excluding carboxylic acids is 1. The molecule has 1 aromatic rings. The van der Waals surface area contributed by atoms with Crippen LogP contribution in [-0.4, -0.2) is 17.4 Å². The molecule has 20 heavy (non-hydrogen) atoms. The summed E-state index contributed by atoms with van der Waals surface area (Å²) in [4.78, 5) is 21.9. The Morgan fingerprint density at radius 3 is 2.65 bits per heavy atom. The number of amides is 1. The number of benzene rings is 1. The number of hydrogen-bond acceptors (Lipinski definition) is 4. The van der Waals surface area contributed by atoms with Gasteiger partial charge in [-0.2, -0.15) is 0 Å². The SMILES string of the molecule is CC(C)CCCCNC(=O)c1ccc([N+](=O)[O-])c(N)c1. The fraction of sp³-hybridized carbons (Fsp3) is 0.500. The van der Waals surface area contributed by atoms with E-state index in [0.29, 0.717) is 18.0 Å². The van der Waals surface area contributed by atoms with Crippen LogP contribution in [0, 0.1) is 16.0 Å². The van der Waals surface area contributed by atoms with E-state index in [9.17, 15) is 14.9 Å². The number of nitro benzene ring substituents is 1. The zero-order valence-corrected chi connectivity index (χ0v) is 11.9. The van der Waals surface area contributed by atoms with Gasteiger partial charge in [0.1, 0.15) is 5.69 Å². The summed E-state index contributed by atoms with van der Waals surface area (Å²) >= 11 is 0. The molecule has 6 heteroatoms. The van der Waals surface area contributed by atoms with Crippen LogP contribution in [0.4, 0.5) is 11.4 Å². The molecule has 0 aliphatic heterocycles. The van der Waals surface area contributed by atoms with Crippen LogP contribution < -0.4 is 11.1 Å². The van der Waals surface area contributed by atoms with Gasteiger partial charge in [-0.05, 0) is 24.5 Å². The second-order valence-corrected chi connectivity index (χ2v) is 5.18. The van der Waals surface area contributed by atoms with Crippen LogP contribution in [0.15, 0.2) is 18.2 Å². The number of nitrogens with two attached hydrogens (primary N) is 1. The van der Waals surface area contributed by atoms with E-state index >= 15 is 0 Å². The molecular formula is C14H21N3O3. The molecule has 1 rings (SSSR count). The zero-order chi connectivity index (χ0) is 15.1. The van der Waals surface area contributed by atoms with Crippen LogP contribution in [0.3, 0.4) is 0 Å². The van der Waals surface area contributed by atoms with Gasteiger partial charge in [0.2, 0.25) is 0 Å². The van der Waals surface area contributed by atoms with E-state index in [0.717, 1.165) is 19.3 Å². The van der Waals surface area contributed by atoms with Crippen molar-refractivity contribution in [2.45, 2.75) is 33.1 Å². The summed E-state index contributed by atoms with van der Waals surface area (Å²) in [5.74, 6) is 0.413. The number of nitrogens with zero attached hydrogens (tertiary/aromatic N) is 1. The van der Waals surface area contributed by atoms with Gasteiger partial charge >= 0.3 is 0 Å². The average Bonchev–Trinajstić information content (AvgIpc) is 2.37. The lowest BCUT2D eigenvalue weighted by atomic mass is 10.1. The number of nitrogens with one attached hydrogen (secondary N) is 1. The molecule has 0 saturated heterocycles. The molecule has 0 fully saturated rings. The fourth-order valence-corrected chi connectivity index (χ4v) is 1.84. The highest BCUT2D eigenvalue weighted by atomic mass is 16.6. The first-order valence-corrected chi connectivity index (χ1v) is 6.74. The molecule has 0 aliphatic carbocycles. The van der Waals surface area contributed by atoms with E-state index in [2.05, 4.69) is 19.2 Å². The smallest absolute Gasteiger partial charge is 0.292 e. The van der Waals surface area contributed by atoms with Gasteiger partial charge in [-0.15, -0.1) is 0 Å². The van der Waals surface area contributed by atoms with E-state index in [1.54, 1.807) is 0 Å². The van der Waals surface area contributed by atoms with Crippen molar-refractivity contribution in [3.8, 4) is 0 Å². The van der Waals surface area contributed by atoms with Gasteiger partial charge in [-0.3, -0.25) is 14.9 Å². The Hall–Kier alpha value is -2.11. The Morgan fingerprint density at radius 2 is 2.10 bits per heavy atom. The van der Waals surface area contributed by atoms with Gasteiger partial charge in [0.05, 0.1) is 4.92 Å². The molecule has 0 radical (unpaired) electrons. The first kappa shape index (κ1) is 15.9. The Labute approximate surface area is 118 Å². The van der Waals surface area contributed by atoms with E-state index in [1.807, 2.05) is 0 Å². The van der Waals surface area contributed by atoms with Crippen LogP contribution in [0.1, 0.15) is 43.5 Å². The topological polar surface area (TPSA) is 98.3 Å². The molecule has 0 heterocycles. The van der Waals surface area contributed by atoms with Crippen molar-refractivity contribution in [1.29, 1.82) is 0 Å². The third kappa shape index (κ3) is 4.87. The average molecular weight is 279 g/mol. The van der Waals surface area contributed by atoms with Crippen molar-refractivity contribution in [3.05, 3.63) is 33.9 Å². The number of unbranched alkanes of at least 4 members (excludes halogenated alkanes) is 1. The third-order valence-corrected chi connectivity index (χ3v) is 2.98. The summed E-state index contributed by atoms with van der Waals surface area (Å²) in [7, 11) is 0. The lowest BCUT2D eigenvalue weighted by Gasteiger charge is -2.07. The minimum absolute atomic E-state index is 0.00228. The van der Waals surface area contributed by atoms with E-state index in [1.165, 1.54) is 18.2 Å². The summed E-state index contributed by atoms with van der Waals surface area (Å²) in [6.07, 6.45) is 3.13. The van der Waals surface area contributed by atoms with Crippen molar-refractivity contribution < 1.29 is 9.72 Å². The standard InChI is InChI=1S/C14H21N3O3/c1-10(2)5-3-4-8-16-14(18)11-6-7-13(17(19)20)12(15)9-11/h6-7,9-10H,3-5,8,15H2,1-2H3,(H,16,18). The molecular weight excluding hydrogens is 258 g/mol. The van der Waals surface area contributed by atoms with Crippen molar-refractivity contribution in [2.24, 2.45) is 5.92 Å². The maximum Gasteiger partial charge on any atom is 0.292 e. The summed E-state index contributed by atoms with van der Waals surface area (Å²) in [6, 6.07) is 4.00. The monoisotopic (exact) mass is 279 g/mol. The summed E-state index contributed by atoms with van der Waals surface area (Å²) in [5, 5.41) is 13.4. The second kappa shape index (κ2) is 7.47. The van der Waals surface area contributed by atoms with Crippen LogP contribution in [0.5, 0.6) is 0 Å². The molecule has 1 amide bonds. The van der Waals surface area contributed by atoms with Gasteiger partial charge < -0.3 is 11.1 Å². The second-order valence-electron chi connectivity index (χ2n) is 5.18. The number of nitrogen functional groups attached to an aromatic ring is 1. The molecule has 0 atom stereocenters. The first-order valence-electron chi connectivity index (χ1n) is 6.74. The zero-order valence-electron chi connectivity index (χ0n) is 11.9. The lowest BCUT2D eigenvalue weighted by Crippen LogP contribution is -2.24. The van der Waals surface area contributed by atoms with Crippen molar-refractivity contribution >= 4 is 17.3 Å². The number of rotatable bonds is 7. The molecule has 6 nitrogen and oxygen atoms in total. The normalized spacial score (nSPS) is 10.6. The Morgan fingerprint density at radius 1 is 1.40 bits per heavy atom. The largest absolute Gasteiger partial charge is 0.393 e. The number of nitro groups is 1. The van der Waals surface area contributed by atoms with Gasteiger partial charge in [-0.1, -0.05) is 26.7 Å². The predicted octanol–water partition coefficient (Wildman–Crippen LogP) is 2.73. The van der Waals surface area contributed by atoms with Crippen molar-refractivity contribution in [3.63, 3.8) is 0 Å². The van der Waals surface area contributed by atoms with Gasteiger partial charge in [-0.25, -0.2) is 0 Å². The van der Waals surface area contributed by atoms with Crippen molar-refractivity contribution in [2.75, 3.05) is 12.3 Å².